The van der Waals surface area contributed by atoms with E-state index >= 15 is 0 Å². The molecule has 0 saturated heterocycles. The van der Waals surface area contributed by atoms with Gasteiger partial charge in [-0.3, -0.25) is 0 Å². The summed E-state index contributed by atoms with van der Waals surface area (Å²) in [7, 11) is 0. The maximum atomic E-state index is 6.41. The van der Waals surface area contributed by atoms with Gasteiger partial charge in [0.15, 0.2) is 0 Å². The van der Waals surface area contributed by atoms with Crippen LogP contribution in [0.15, 0.2) is 84.5 Å². The van der Waals surface area contributed by atoms with Gasteiger partial charge in [-0.2, -0.15) is 0 Å². The number of aryl methyl sites for hydroxylation is 3. The molecule has 0 aliphatic rings. The molecule has 0 aliphatic heterocycles. The van der Waals surface area contributed by atoms with Crippen LogP contribution in [0.3, 0.4) is 0 Å². The molecule has 1 nitrogen and oxygen atoms in total. The van der Waals surface area contributed by atoms with Crippen molar-refractivity contribution in [1.82, 2.24) is 0 Å². The molecule has 3 aromatic rings. The van der Waals surface area contributed by atoms with E-state index < -0.39 is 0 Å². The number of allylic oxidation sites excluding steroid dienone is 4. The fourth-order valence-corrected chi connectivity index (χ4v) is 4.61. The third-order valence-corrected chi connectivity index (χ3v) is 6.05. The van der Waals surface area contributed by atoms with Crippen molar-refractivity contribution in [1.29, 1.82) is 0 Å². The molecule has 3 aromatic carbocycles. The van der Waals surface area contributed by atoms with Gasteiger partial charge < -0.3 is 5.73 Å². The molecule has 0 bridgehead atoms. The third kappa shape index (κ3) is 6.88. The number of nitrogen functional groups attached to an aromatic ring is 1. The zero-order chi connectivity index (χ0) is 24.4. The van der Waals surface area contributed by atoms with Crippen molar-refractivity contribution < 1.29 is 0 Å². The van der Waals surface area contributed by atoms with Gasteiger partial charge in [-0.25, -0.2) is 0 Å². The Labute approximate surface area is 205 Å². The summed E-state index contributed by atoms with van der Waals surface area (Å²) in [4.78, 5) is 0. The van der Waals surface area contributed by atoms with Crippen LogP contribution in [0.1, 0.15) is 48.4 Å². The number of halogens is 1. The van der Waals surface area contributed by atoms with Gasteiger partial charge in [-0.05, 0) is 98.2 Å². The van der Waals surface area contributed by atoms with Crippen molar-refractivity contribution in [2.75, 3.05) is 5.73 Å². The summed E-state index contributed by atoms with van der Waals surface area (Å²) in [5.41, 5.74) is 15.9. The van der Waals surface area contributed by atoms with E-state index in [2.05, 4.69) is 113 Å². The van der Waals surface area contributed by atoms with Crippen molar-refractivity contribution in [2.24, 2.45) is 0 Å². The van der Waals surface area contributed by atoms with Gasteiger partial charge in [-0.1, -0.05) is 66.2 Å². The second-order valence-electron chi connectivity index (χ2n) is 8.18. The van der Waals surface area contributed by atoms with Gasteiger partial charge in [0.1, 0.15) is 0 Å². The largest absolute Gasteiger partial charge is 0.398 e. The zero-order valence-corrected chi connectivity index (χ0v) is 20.9. The van der Waals surface area contributed by atoms with Crippen molar-refractivity contribution in [3.8, 4) is 24.0 Å². The molecule has 0 heterocycles. The molecule has 0 radical (unpaired) electrons. The molecular weight excluding hydrogens is 422 g/mol. The smallest absolute Gasteiger partial charge is 0.0411 e. The summed E-state index contributed by atoms with van der Waals surface area (Å²) in [6, 6.07) is 21.3. The first-order valence-electron chi connectivity index (χ1n) is 11.3. The summed E-state index contributed by atoms with van der Waals surface area (Å²) in [5, 5.41) is 0.806. The lowest BCUT2D eigenvalue weighted by Crippen LogP contribution is -2.05. The summed E-state index contributed by atoms with van der Waals surface area (Å²) < 4.78 is 0. The average molecular weight is 456 g/mol. The fourth-order valence-electron chi connectivity index (χ4n) is 4.30. The van der Waals surface area contributed by atoms with Crippen LogP contribution in [0, 0.1) is 26.7 Å². The van der Waals surface area contributed by atoms with Crippen molar-refractivity contribution in [3.05, 3.63) is 112 Å². The van der Waals surface area contributed by atoms with Gasteiger partial charge >= 0.3 is 0 Å². The molecular formula is C31H34ClN. The summed E-state index contributed by atoms with van der Waals surface area (Å²) in [5.74, 6) is 0.281. The molecule has 0 spiro atoms. The van der Waals surface area contributed by atoms with Crippen molar-refractivity contribution >= 4 is 17.3 Å². The Kier molecular flexibility index (Phi) is 10.0. The van der Waals surface area contributed by atoms with Gasteiger partial charge in [0.05, 0.1) is 0 Å². The first-order chi connectivity index (χ1) is 15.9. The van der Waals surface area contributed by atoms with E-state index in [0.29, 0.717) is 0 Å². The van der Waals surface area contributed by atoms with Crippen LogP contribution in [0.5, 0.6) is 0 Å². The summed E-state index contributed by atoms with van der Waals surface area (Å²) >= 11 is 6.31. The second kappa shape index (κ2) is 12.7. The SMILES string of the molecule is C#C.C/C=C\C(=C/C)C(CCc1cc(C)cc(Cl)c1)c1ccc(N)c(-c2ccccc2C)c1. The van der Waals surface area contributed by atoms with Gasteiger partial charge in [-0.15, -0.1) is 12.8 Å². The molecule has 0 aromatic heterocycles. The molecule has 0 aliphatic carbocycles. The Morgan fingerprint density at radius 2 is 1.70 bits per heavy atom. The predicted molar refractivity (Wildman–Crippen MR) is 147 cm³/mol. The average Bonchev–Trinajstić information content (AvgIpc) is 2.80. The normalized spacial score (nSPS) is 12.3. The van der Waals surface area contributed by atoms with Gasteiger partial charge in [0.2, 0.25) is 0 Å². The van der Waals surface area contributed by atoms with Crippen LogP contribution in [-0.4, -0.2) is 0 Å². The molecule has 2 heteroatoms. The highest BCUT2D eigenvalue weighted by Gasteiger charge is 2.17. The Balaban J connectivity index is 0.00000187. The van der Waals surface area contributed by atoms with Crippen LogP contribution in [0.4, 0.5) is 5.69 Å². The maximum absolute atomic E-state index is 6.41. The van der Waals surface area contributed by atoms with Crippen molar-refractivity contribution in [2.45, 2.75) is 46.5 Å². The van der Waals surface area contributed by atoms with Crippen LogP contribution < -0.4 is 5.73 Å². The van der Waals surface area contributed by atoms with Crippen LogP contribution in [-0.2, 0) is 6.42 Å². The Bertz CT molecular complexity index is 1130. The highest BCUT2D eigenvalue weighted by molar-refractivity contribution is 6.30. The van der Waals surface area contributed by atoms with Gasteiger partial charge in [0, 0.05) is 22.2 Å². The Morgan fingerprint density at radius 3 is 2.33 bits per heavy atom. The number of benzene rings is 3. The topological polar surface area (TPSA) is 26.0 Å². The summed E-state index contributed by atoms with van der Waals surface area (Å²) in [6.45, 7) is 8.42. The first kappa shape index (κ1) is 26.0. The first-order valence-corrected chi connectivity index (χ1v) is 11.6. The molecule has 1 unspecified atom stereocenters. The standard InChI is InChI=1S/C29H32ClN.C2H2/c1-5-9-23(6-2)27(14-12-22-16-20(3)17-25(30)18-22)24-13-15-29(31)28(19-24)26-11-8-7-10-21(26)4;1-2/h5-11,13,15-19,27H,12,14,31H2,1-4H3;1-2H/b9-5-,23-6+;. The molecule has 0 amide bonds. The van der Waals surface area contributed by atoms with Crippen LogP contribution in [0.25, 0.3) is 11.1 Å². The Morgan fingerprint density at radius 1 is 0.970 bits per heavy atom. The lowest BCUT2D eigenvalue weighted by molar-refractivity contribution is 0.713. The molecule has 3 rings (SSSR count). The quantitative estimate of drug-likeness (QED) is 0.215. The monoisotopic (exact) mass is 455 g/mol. The molecule has 170 valence electrons. The van der Waals surface area contributed by atoms with E-state index in [-0.39, 0.29) is 5.92 Å². The summed E-state index contributed by atoms with van der Waals surface area (Å²) in [6.07, 6.45) is 16.5. The molecule has 1 atom stereocenters. The third-order valence-electron chi connectivity index (χ3n) is 5.83. The van der Waals surface area contributed by atoms with Gasteiger partial charge in [0.25, 0.3) is 0 Å². The second-order valence-corrected chi connectivity index (χ2v) is 8.61. The van der Waals surface area contributed by atoms with E-state index in [9.17, 15) is 0 Å². The predicted octanol–water partition coefficient (Wildman–Crippen LogP) is 8.69. The minimum atomic E-state index is 0.281. The number of rotatable bonds is 7. The highest BCUT2D eigenvalue weighted by atomic mass is 35.5. The lowest BCUT2D eigenvalue weighted by atomic mass is 9.83. The number of anilines is 1. The van der Waals surface area contributed by atoms with Crippen molar-refractivity contribution in [3.63, 3.8) is 0 Å². The van der Waals surface area contributed by atoms with E-state index in [4.69, 9.17) is 17.3 Å². The van der Waals surface area contributed by atoms with E-state index in [1.54, 1.807) is 0 Å². The minimum Gasteiger partial charge on any atom is -0.398 e. The fraction of sp³-hybridized carbons (Fsp3) is 0.226. The van der Waals surface area contributed by atoms with E-state index in [0.717, 1.165) is 29.1 Å². The number of hydrogen-bond acceptors (Lipinski definition) is 1. The zero-order valence-electron chi connectivity index (χ0n) is 20.1. The maximum Gasteiger partial charge on any atom is 0.0411 e. The van der Waals surface area contributed by atoms with Crippen LogP contribution in [0.2, 0.25) is 5.02 Å². The molecule has 0 fully saturated rings. The Hall–Kier alpha value is -3.21. The minimum absolute atomic E-state index is 0.281. The molecule has 2 N–H and O–H groups in total. The number of hydrogen-bond donors (Lipinski definition) is 1. The number of nitrogens with two attached hydrogens (primary N) is 1. The number of terminal acetylenes is 1. The lowest BCUT2D eigenvalue weighted by Gasteiger charge is -2.21. The van der Waals surface area contributed by atoms with E-state index in [1.165, 1.54) is 33.4 Å². The highest BCUT2D eigenvalue weighted by Crippen LogP contribution is 2.36. The van der Waals surface area contributed by atoms with Crippen LogP contribution >= 0.6 is 11.6 Å². The molecule has 33 heavy (non-hydrogen) atoms. The molecule has 0 saturated carbocycles. The van der Waals surface area contributed by atoms with E-state index in [1.807, 2.05) is 6.07 Å².